The molecule has 0 bridgehead atoms. The third kappa shape index (κ3) is 4.15. The molecule has 1 fully saturated rings. The van der Waals surface area contributed by atoms with Gasteiger partial charge in [0.25, 0.3) is 0 Å². The number of piperazine rings is 1. The predicted molar refractivity (Wildman–Crippen MR) is 99.5 cm³/mol. The zero-order valence-corrected chi connectivity index (χ0v) is 15.5. The van der Waals surface area contributed by atoms with Crippen LogP contribution in [-0.2, 0) is 4.79 Å². The van der Waals surface area contributed by atoms with Crippen LogP contribution in [0.4, 0.5) is 18.9 Å². The van der Waals surface area contributed by atoms with Gasteiger partial charge in [0, 0.05) is 43.1 Å². The van der Waals surface area contributed by atoms with Crippen molar-refractivity contribution in [3.8, 4) is 5.75 Å². The second-order valence-electron chi connectivity index (χ2n) is 7.28. The highest BCUT2D eigenvalue weighted by Gasteiger charge is 2.31. The lowest BCUT2D eigenvalue weighted by Crippen LogP contribution is -2.49. The minimum Gasteiger partial charge on any atom is -0.406 e. The molecular weight excluding hydrogens is 371 g/mol. The quantitative estimate of drug-likeness (QED) is 0.764. The van der Waals surface area contributed by atoms with Gasteiger partial charge in [-0.2, -0.15) is 0 Å². The Bertz CT molecular complexity index is 807. The number of Topliss-reactive ketones (excluding diaryl/α,β-unsaturated/α-hetero) is 1. The monoisotopic (exact) mass is 393 g/mol. The van der Waals surface area contributed by atoms with Gasteiger partial charge < -0.3 is 14.5 Å². The number of hydrogen-bond acceptors (Lipinski definition) is 5. The van der Waals surface area contributed by atoms with Gasteiger partial charge in [-0.05, 0) is 49.9 Å². The Morgan fingerprint density at radius 2 is 1.57 bits per heavy atom. The maximum Gasteiger partial charge on any atom is 0.573 e. The van der Waals surface area contributed by atoms with Crippen LogP contribution >= 0.6 is 0 Å². The van der Waals surface area contributed by atoms with Gasteiger partial charge in [-0.25, -0.2) is 4.99 Å². The number of rotatable bonds is 2. The van der Waals surface area contributed by atoms with Gasteiger partial charge in [0.15, 0.2) is 5.78 Å². The van der Waals surface area contributed by atoms with Crippen molar-refractivity contribution in [1.29, 1.82) is 0 Å². The van der Waals surface area contributed by atoms with Crippen LogP contribution in [0.3, 0.4) is 0 Å². The number of ketones is 1. The van der Waals surface area contributed by atoms with E-state index >= 15 is 0 Å². The van der Waals surface area contributed by atoms with E-state index in [4.69, 9.17) is 4.99 Å². The molecule has 8 heteroatoms. The number of aliphatic imine (C=N–C) groups is 1. The van der Waals surface area contributed by atoms with E-state index in [9.17, 15) is 18.0 Å². The number of nitrogens with zero attached hydrogens (tertiary/aromatic N) is 3. The number of amidine groups is 1. The molecule has 0 amide bonds. The second kappa shape index (κ2) is 7.48. The number of carbonyl (C=O) groups is 1. The maximum atomic E-state index is 12.4. The number of hydrogen-bond donors (Lipinski definition) is 0. The summed E-state index contributed by atoms with van der Waals surface area (Å²) in [6.07, 6.45) is -0.406. The first-order chi connectivity index (χ1) is 13.4. The zero-order valence-electron chi connectivity index (χ0n) is 15.5. The van der Waals surface area contributed by atoms with E-state index in [0.717, 1.165) is 74.7 Å². The highest BCUT2D eigenvalue weighted by atomic mass is 19.4. The summed E-state index contributed by atoms with van der Waals surface area (Å²) in [6.45, 7) is 2.90. The molecule has 5 nitrogen and oxygen atoms in total. The molecule has 0 unspecified atom stereocenters. The van der Waals surface area contributed by atoms with Crippen molar-refractivity contribution in [3.63, 3.8) is 0 Å². The molecule has 0 radical (unpaired) electrons. The number of halogens is 3. The van der Waals surface area contributed by atoms with Crippen molar-refractivity contribution in [1.82, 2.24) is 4.90 Å². The van der Waals surface area contributed by atoms with Crippen LogP contribution in [0, 0.1) is 0 Å². The minimum absolute atomic E-state index is 0.211. The van der Waals surface area contributed by atoms with Gasteiger partial charge in [-0.1, -0.05) is 0 Å². The highest BCUT2D eigenvalue weighted by Crippen LogP contribution is 2.31. The largest absolute Gasteiger partial charge is 0.573 e. The molecule has 28 heavy (non-hydrogen) atoms. The topological polar surface area (TPSA) is 45.1 Å². The number of allylic oxidation sites excluding steroid dienone is 2. The molecule has 2 aliphatic heterocycles. The Balaban J connectivity index is 1.38. The van der Waals surface area contributed by atoms with Gasteiger partial charge >= 0.3 is 6.36 Å². The summed E-state index contributed by atoms with van der Waals surface area (Å²) in [5, 5.41) is 0. The summed E-state index contributed by atoms with van der Waals surface area (Å²) >= 11 is 0. The predicted octanol–water partition coefficient (Wildman–Crippen LogP) is 3.91. The fourth-order valence-corrected chi connectivity index (χ4v) is 4.02. The molecule has 2 heterocycles. The van der Waals surface area contributed by atoms with Crippen molar-refractivity contribution < 1.29 is 22.7 Å². The highest BCUT2D eigenvalue weighted by molar-refractivity contribution is 6.11. The van der Waals surface area contributed by atoms with E-state index in [0.29, 0.717) is 6.42 Å². The summed E-state index contributed by atoms with van der Waals surface area (Å²) in [5.41, 5.74) is 2.75. The first-order valence-electron chi connectivity index (χ1n) is 9.57. The standard InChI is InChI=1S/C20H22F3N3O2/c21-20(22,23)28-15-7-5-14(6-8-15)25-9-11-26(12-10-25)19-13-18(27)16-3-1-2-4-17(16)24-19/h5-8H,1-4,9-13H2. The van der Waals surface area contributed by atoms with Gasteiger partial charge in [0.1, 0.15) is 11.6 Å². The summed E-state index contributed by atoms with van der Waals surface area (Å²) < 4.78 is 40.7. The molecule has 1 aliphatic carbocycles. The smallest absolute Gasteiger partial charge is 0.406 e. The molecule has 0 N–H and O–H groups in total. The molecular formula is C20H22F3N3O2. The molecule has 0 atom stereocenters. The van der Waals surface area contributed by atoms with E-state index in [1.54, 1.807) is 12.1 Å². The minimum atomic E-state index is -4.68. The number of ether oxygens (including phenoxy) is 1. The molecule has 1 aromatic carbocycles. The molecule has 0 spiro atoms. The Morgan fingerprint density at radius 1 is 0.929 bits per heavy atom. The Labute approximate surface area is 161 Å². The fraction of sp³-hybridized carbons (Fsp3) is 0.500. The van der Waals surface area contributed by atoms with Crippen molar-refractivity contribution in [2.75, 3.05) is 31.1 Å². The maximum absolute atomic E-state index is 12.4. The van der Waals surface area contributed by atoms with E-state index in [2.05, 4.69) is 14.5 Å². The van der Waals surface area contributed by atoms with Crippen LogP contribution in [-0.4, -0.2) is 49.1 Å². The van der Waals surface area contributed by atoms with Crippen LogP contribution in [0.1, 0.15) is 32.1 Å². The van der Waals surface area contributed by atoms with Gasteiger partial charge in [-0.3, -0.25) is 4.79 Å². The van der Waals surface area contributed by atoms with Crippen LogP contribution < -0.4 is 9.64 Å². The van der Waals surface area contributed by atoms with Crippen molar-refractivity contribution >= 4 is 17.3 Å². The van der Waals surface area contributed by atoms with Gasteiger partial charge in [0.2, 0.25) is 0 Å². The molecule has 3 aliphatic rings. The summed E-state index contributed by atoms with van der Waals surface area (Å²) in [5.74, 6) is 0.850. The van der Waals surface area contributed by atoms with Crippen molar-refractivity contribution in [2.24, 2.45) is 4.99 Å². The lowest BCUT2D eigenvalue weighted by molar-refractivity contribution is -0.274. The number of anilines is 1. The Morgan fingerprint density at radius 3 is 2.25 bits per heavy atom. The van der Waals surface area contributed by atoms with Crippen LogP contribution in [0.2, 0.25) is 0 Å². The molecule has 1 aromatic rings. The average Bonchev–Trinajstić information content (AvgIpc) is 2.67. The van der Waals surface area contributed by atoms with Crippen molar-refractivity contribution in [2.45, 2.75) is 38.5 Å². The zero-order chi connectivity index (χ0) is 19.7. The third-order valence-corrected chi connectivity index (χ3v) is 5.44. The Hall–Kier alpha value is -2.51. The molecule has 4 rings (SSSR count). The first-order valence-corrected chi connectivity index (χ1v) is 9.57. The van der Waals surface area contributed by atoms with E-state index in [1.807, 2.05) is 0 Å². The summed E-state index contributed by atoms with van der Waals surface area (Å²) in [4.78, 5) is 21.5. The number of alkyl halides is 3. The molecule has 0 saturated carbocycles. The lowest BCUT2D eigenvalue weighted by atomic mass is 9.90. The fourth-order valence-electron chi connectivity index (χ4n) is 4.02. The SMILES string of the molecule is O=C1CC(N2CCN(c3ccc(OC(F)(F)F)cc3)CC2)=NC2=C1CCCC2. The van der Waals surface area contributed by atoms with Crippen molar-refractivity contribution in [3.05, 3.63) is 35.5 Å². The average molecular weight is 393 g/mol. The van der Waals surface area contributed by atoms with Crippen LogP contribution in [0.25, 0.3) is 0 Å². The van der Waals surface area contributed by atoms with Gasteiger partial charge in [0.05, 0.1) is 6.42 Å². The third-order valence-electron chi connectivity index (χ3n) is 5.44. The number of carbonyl (C=O) groups excluding carboxylic acids is 1. The molecule has 150 valence electrons. The summed E-state index contributed by atoms with van der Waals surface area (Å²) in [6, 6.07) is 5.93. The number of benzene rings is 1. The second-order valence-corrected chi connectivity index (χ2v) is 7.28. The molecule has 0 aromatic heterocycles. The summed E-state index contributed by atoms with van der Waals surface area (Å²) in [7, 11) is 0. The normalized spacial score (nSPS) is 20.8. The van der Waals surface area contributed by atoms with E-state index < -0.39 is 6.36 Å². The Kier molecular flexibility index (Phi) is 5.03. The van der Waals surface area contributed by atoms with E-state index in [1.165, 1.54) is 12.1 Å². The van der Waals surface area contributed by atoms with E-state index in [-0.39, 0.29) is 11.5 Å². The van der Waals surface area contributed by atoms with Crippen LogP contribution in [0.15, 0.2) is 40.5 Å². The molecule has 1 saturated heterocycles. The lowest BCUT2D eigenvalue weighted by Gasteiger charge is -2.38. The first kappa shape index (κ1) is 18.8. The van der Waals surface area contributed by atoms with Gasteiger partial charge in [-0.15, -0.1) is 13.2 Å². The van der Waals surface area contributed by atoms with Crippen LogP contribution in [0.5, 0.6) is 5.75 Å².